The molecule has 3 rings (SSSR count). The Morgan fingerprint density at radius 3 is 2.48 bits per heavy atom. The lowest BCUT2D eigenvalue weighted by atomic mass is 10.1. The van der Waals surface area contributed by atoms with E-state index in [1.807, 2.05) is 0 Å². The number of nitrogens with zero attached hydrogens (tertiary/aromatic N) is 5. The van der Waals surface area contributed by atoms with Gasteiger partial charge in [0, 0.05) is 18.4 Å². The highest BCUT2D eigenvalue weighted by molar-refractivity contribution is 5.37. The average molecular weight is 288 g/mol. The molecule has 0 unspecified atom stereocenters. The predicted octanol–water partition coefficient (Wildman–Crippen LogP) is 1.48. The van der Waals surface area contributed by atoms with Crippen LogP contribution in [-0.4, -0.2) is 30.5 Å². The number of hydrogen-bond donors (Lipinski definition) is 3. The van der Waals surface area contributed by atoms with Crippen molar-refractivity contribution < 1.29 is 0 Å². The zero-order chi connectivity index (χ0) is 14.5. The van der Waals surface area contributed by atoms with Crippen LogP contribution in [0.3, 0.4) is 0 Å². The van der Waals surface area contributed by atoms with Crippen molar-refractivity contribution in [3.8, 4) is 5.95 Å². The second-order valence-electron chi connectivity index (χ2n) is 5.23. The molecule has 4 N–H and O–H groups in total. The van der Waals surface area contributed by atoms with Gasteiger partial charge >= 0.3 is 0 Å². The summed E-state index contributed by atoms with van der Waals surface area (Å²) >= 11 is 0. The van der Waals surface area contributed by atoms with E-state index in [2.05, 4.69) is 30.7 Å². The number of nitrogens with two attached hydrogens (primary N) is 1. The van der Waals surface area contributed by atoms with Gasteiger partial charge in [0.2, 0.25) is 17.8 Å². The standard InChI is InChI=1S/C13H20N8/c14-20-12-17-11(16-10-5-3-1-2-4-6-10)18-13(19-12)21-8-7-15-9-21/h7-10H,1-6,14H2,(H2,16,17,18,19,20). The summed E-state index contributed by atoms with van der Waals surface area (Å²) in [4.78, 5) is 17.0. The number of nitrogen functional groups attached to an aromatic ring is 1. The lowest BCUT2D eigenvalue weighted by Gasteiger charge is -2.16. The van der Waals surface area contributed by atoms with E-state index in [1.54, 1.807) is 23.3 Å². The monoisotopic (exact) mass is 288 g/mol. The van der Waals surface area contributed by atoms with Crippen LogP contribution in [0, 0.1) is 0 Å². The summed E-state index contributed by atoms with van der Waals surface area (Å²) in [7, 11) is 0. The van der Waals surface area contributed by atoms with Crippen LogP contribution in [0.1, 0.15) is 38.5 Å². The summed E-state index contributed by atoms with van der Waals surface area (Å²) in [6.45, 7) is 0. The Hall–Kier alpha value is -2.22. The fourth-order valence-electron chi connectivity index (χ4n) is 2.59. The Morgan fingerprint density at radius 1 is 1.05 bits per heavy atom. The van der Waals surface area contributed by atoms with Crippen molar-refractivity contribution in [1.82, 2.24) is 24.5 Å². The maximum atomic E-state index is 5.44. The van der Waals surface area contributed by atoms with Crippen LogP contribution in [-0.2, 0) is 0 Å². The second kappa shape index (κ2) is 6.49. The molecular weight excluding hydrogens is 268 g/mol. The van der Waals surface area contributed by atoms with Gasteiger partial charge in [-0.3, -0.25) is 9.99 Å². The normalized spacial score (nSPS) is 16.4. The van der Waals surface area contributed by atoms with Crippen LogP contribution in [0.2, 0.25) is 0 Å². The van der Waals surface area contributed by atoms with Crippen molar-refractivity contribution in [1.29, 1.82) is 0 Å². The van der Waals surface area contributed by atoms with Crippen molar-refractivity contribution in [3.63, 3.8) is 0 Å². The third-order valence-corrected chi connectivity index (χ3v) is 3.68. The minimum Gasteiger partial charge on any atom is -0.351 e. The average Bonchev–Trinajstić information content (AvgIpc) is 2.93. The molecule has 0 atom stereocenters. The second-order valence-corrected chi connectivity index (χ2v) is 5.23. The van der Waals surface area contributed by atoms with Crippen LogP contribution in [0.25, 0.3) is 5.95 Å². The van der Waals surface area contributed by atoms with E-state index in [9.17, 15) is 0 Å². The molecule has 2 aromatic rings. The highest BCUT2D eigenvalue weighted by atomic mass is 15.4. The van der Waals surface area contributed by atoms with Gasteiger partial charge < -0.3 is 5.32 Å². The molecule has 8 heteroatoms. The molecular formula is C13H20N8. The Kier molecular flexibility index (Phi) is 4.25. The quantitative estimate of drug-likeness (QED) is 0.444. The van der Waals surface area contributed by atoms with Gasteiger partial charge in [-0.1, -0.05) is 25.7 Å². The first-order chi connectivity index (χ1) is 10.3. The number of aromatic nitrogens is 5. The predicted molar refractivity (Wildman–Crippen MR) is 79.9 cm³/mol. The van der Waals surface area contributed by atoms with E-state index in [0.29, 0.717) is 23.9 Å². The maximum Gasteiger partial charge on any atom is 0.243 e. The molecule has 0 aliphatic heterocycles. The summed E-state index contributed by atoms with van der Waals surface area (Å²) in [5.74, 6) is 6.82. The van der Waals surface area contributed by atoms with Crippen LogP contribution >= 0.6 is 0 Å². The van der Waals surface area contributed by atoms with E-state index in [4.69, 9.17) is 5.84 Å². The summed E-state index contributed by atoms with van der Waals surface area (Å²) in [6, 6.07) is 0.413. The molecule has 2 heterocycles. The molecule has 8 nitrogen and oxygen atoms in total. The Labute approximate surface area is 123 Å². The van der Waals surface area contributed by atoms with Gasteiger partial charge in [-0.15, -0.1) is 0 Å². The fourth-order valence-corrected chi connectivity index (χ4v) is 2.59. The molecule has 1 saturated carbocycles. The fraction of sp³-hybridized carbons (Fsp3) is 0.538. The summed E-state index contributed by atoms with van der Waals surface area (Å²) in [6.07, 6.45) is 12.5. The smallest absolute Gasteiger partial charge is 0.243 e. The van der Waals surface area contributed by atoms with Gasteiger partial charge in [0.25, 0.3) is 0 Å². The molecule has 0 bridgehead atoms. The molecule has 112 valence electrons. The third-order valence-electron chi connectivity index (χ3n) is 3.68. The number of imidazole rings is 1. The van der Waals surface area contributed by atoms with Gasteiger partial charge in [0.05, 0.1) is 0 Å². The number of hydrazine groups is 1. The molecule has 1 aliphatic rings. The Balaban J connectivity index is 1.82. The van der Waals surface area contributed by atoms with Crippen LogP contribution in [0.15, 0.2) is 18.7 Å². The molecule has 0 spiro atoms. The van der Waals surface area contributed by atoms with Crippen molar-refractivity contribution >= 4 is 11.9 Å². The SMILES string of the molecule is NNc1nc(NC2CCCCCC2)nc(-n2ccnc2)n1. The molecule has 2 aromatic heterocycles. The van der Waals surface area contributed by atoms with E-state index in [0.717, 1.165) is 12.8 Å². The molecule has 0 amide bonds. The molecule has 0 aromatic carbocycles. The molecule has 0 saturated heterocycles. The van der Waals surface area contributed by atoms with Crippen molar-refractivity contribution in [2.75, 3.05) is 10.7 Å². The first-order valence-corrected chi connectivity index (χ1v) is 7.33. The zero-order valence-electron chi connectivity index (χ0n) is 11.9. The maximum absolute atomic E-state index is 5.44. The molecule has 1 aliphatic carbocycles. The number of nitrogens with one attached hydrogen (secondary N) is 2. The summed E-state index contributed by atoms with van der Waals surface area (Å²) < 4.78 is 1.72. The third kappa shape index (κ3) is 3.46. The van der Waals surface area contributed by atoms with Gasteiger partial charge in [-0.25, -0.2) is 10.8 Å². The number of hydrogen-bond acceptors (Lipinski definition) is 7. The van der Waals surface area contributed by atoms with E-state index in [1.165, 1.54) is 25.7 Å². The van der Waals surface area contributed by atoms with Gasteiger partial charge in [-0.05, 0) is 12.8 Å². The first kappa shape index (κ1) is 13.7. The minimum absolute atomic E-state index is 0.338. The van der Waals surface area contributed by atoms with E-state index in [-0.39, 0.29) is 0 Å². The highest BCUT2D eigenvalue weighted by Gasteiger charge is 2.15. The topological polar surface area (TPSA) is 107 Å². The van der Waals surface area contributed by atoms with E-state index < -0.39 is 0 Å². The van der Waals surface area contributed by atoms with Crippen LogP contribution < -0.4 is 16.6 Å². The summed E-state index contributed by atoms with van der Waals surface area (Å²) in [5, 5.41) is 3.41. The molecule has 0 radical (unpaired) electrons. The number of rotatable bonds is 4. The largest absolute Gasteiger partial charge is 0.351 e. The van der Waals surface area contributed by atoms with Crippen LogP contribution in [0.5, 0.6) is 0 Å². The van der Waals surface area contributed by atoms with Crippen LogP contribution in [0.4, 0.5) is 11.9 Å². The minimum atomic E-state index is 0.338. The lowest BCUT2D eigenvalue weighted by molar-refractivity contribution is 0.614. The molecule has 1 fully saturated rings. The van der Waals surface area contributed by atoms with Crippen molar-refractivity contribution in [3.05, 3.63) is 18.7 Å². The van der Waals surface area contributed by atoms with E-state index >= 15 is 0 Å². The molecule has 21 heavy (non-hydrogen) atoms. The van der Waals surface area contributed by atoms with Crippen molar-refractivity contribution in [2.24, 2.45) is 5.84 Å². The van der Waals surface area contributed by atoms with Gasteiger partial charge in [-0.2, -0.15) is 15.0 Å². The van der Waals surface area contributed by atoms with Gasteiger partial charge in [0.15, 0.2) is 0 Å². The summed E-state index contributed by atoms with van der Waals surface area (Å²) in [5.41, 5.74) is 2.48. The Morgan fingerprint density at radius 2 is 1.81 bits per heavy atom. The first-order valence-electron chi connectivity index (χ1n) is 7.33. The van der Waals surface area contributed by atoms with Gasteiger partial charge in [0.1, 0.15) is 6.33 Å². The van der Waals surface area contributed by atoms with Crippen molar-refractivity contribution in [2.45, 2.75) is 44.6 Å². The Bertz CT molecular complexity index is 560. The highest BCUT2D eigenvalue weighted by Crippen LogP contribution is 2.20. The lowest BCUT2D eigenvalue weighted by Crippen LogP contribution is -2.22. The zero-order valence-corrected chi connectivity index (χ0v) is 11.9. The number of anilines is 2.